The number of hydrogen-bond donors (Lipinski definition) is 0. The normalized spacial score (nSPS) is 12.5. The predicted molar refractivity (Wildman–Crippen MR) is 104 cm³/mol. The van der Waals surface area contributed by atoms with Crippen molar-refractivity contribution in [3.63, 3.8) is 0 Å². The molecule has 5 heteroatoms. The topological polar surface area (TPSA) is 33.2 Å². The number of unbranched alkanes of at least 4 members (excludes halogenated alkanes) is 2. The van der Waals surface area contributed by atoms with E-state index in [9.17, 15) is 4.79 Å². The van der Waals surface area contributed by atoms with Crippen LogP contribution in [-0.2, 0) is 0 Å². The van der Waals surface area contributed by atoms with Crippen LogP contribution in [0.25, 0.3) is 0 Å². The maximum Gasteiger partial charge on any atom is 0.205 e. The van der Waals surface area contributed by atoms with Crippen LogP contribution in [0.1, 0.15) is 47.8 Å². The Hall–Kier alpha value is -1.17. The Morgan fingerprint density at radius 3 is 2.79 bits per heavy atom. The van der Waals surface area contributed by atoms with Crippen LogP contribution in [-0.4, -0.2) is 41.6 Å². The molecule has 2 rings (SSSR count). The van der Waals surface area contributed by atoms with Gasteiger partial charge in [-0.15, -0.1) is 23.1 Å². The molecule has 130 valence electrons. The van der Waals surface area contributed by atoms with Gasteiger partial charge >= 0.3 is 0 Å². The van der Waals surface area contributed by atoms with E-state index in [1.54, 1.807) is 18.0 Å². The van der Waals surface area contributed by atoms with Crippen molar-refractivity contribution < 1.29 is 4.79 Å². The summed E-state index contributed by atoms with van der Waals surface area (Å²) in [6.07, 6.45) is 6.66. The van der Waals surface area contributed by atoms with Crippen LogP contribution >= 0.6 is 23.1 Å². The molecule has 0 spiro atoms. The summed E-state index contributed by atoms with van der Waals surface area (Å²) < 4.78 is 0. The Bertz CT molecular complexity index is 626. The van der Waals surface area contributed by atoms with Gasteiger partial charge in [-0.2, -0.15) is 0 Å². The molecule has 0 aliphatic rings. The lowest BCUT2D eigenvalue weighted by atomic mass is 10.1. The van der Waals surface area contributed by atoms with E-state index in [4.69, 9.17) is 0 Å². The monoisotopic (exact) mass is 362 g/mol. The second-order valence-electron chi connectivity index (χ2n) is 6.24. The predicted octanol–water partition coefficient (Wildman–Crippen LogP) is 4.98. The average molecular weight is 363 g/mol. The summed E-state index contributed by atoms with van der Waals surface area (Å²) in [6.45, 7) is 3.38. The van der Waals surface area contributed by atoms with Crippen LogP contribution in [0.5, 0.6) is 0 Å². The maximum absolute atomic E-state index is 12.6. The lowest BCUT2D eigenvalue weighted by molar-refractivity contribution is 0.103. The minimum Gasteiger partial charge on any atom is -0.309 e. The van der Waals surface area contributed by atoms with Crippen LogP contribution in [0.4, 0.5) is 0 Å². The molecule has 3 nitrogen and oxygen atoms in total. The first-order valence-electron chi connectivity index (χ1n) is 8.42. The molecule has 2 aromatic heterocycles. The lowest BCUT2D eigenvalue weighted by Gasteiger charge is -2.13. The minimum absolute atomic E-state index is 0.0822. The molecule has 0 aliphatic heterocycles. The summed E-state index contributed by atoms with van der Waals surface area (Å²) in [5.41, 5.74) is 0.726. The van der Waals surface area contributed by atoms with Crippen LogP contribution in [0.15, 0.2) is 40.9 Å². The van der Waals surface area contributed by atoms with Crippen LogP contribution in [0.3, 0.4) is 0 Å². The number of carbonyl (C=O) groups is 1. The summed E-state index contributed by atoms with van der Waals surface area (Å²) in [4.78, 5) is 20.1. The number of aromatic nitrogens is 1. The Morgan fingerprint density at radius 1 is 1.25 bits per heavy atom. The van der Waals surface area contributed by atoms with Gasteiger partial charge in [-0.3, -0.25) is 4.79 Å². The fourth-order valence-corrected chi connectivity index (χ4v) is 4.24. The summed E-state index contributed by atoms with van der Waals surface area (Å²) in [5, 5.41) is 3.26. The van der Waals surface area contributed by atoms with Crippen molar-refractivity contribution in [2.45, 2.75) is 42.9 Å². The van der Waals surface area contributed by atoms with Gasteiger partial charge in [0, 0.05) is 11.4 Å². The van der Waals surface area contributed by atoms with Gasteiger partial charge in [-0.05, 0) is 57.1 Å². The fraction of sp³-hybridized carbons (Fsp3) is 0.474. The number of nitrogens with zero attached hydrogens (tertiary/aromatic N) is 2. The first-order chi connectivity index (χ1) is 11.6. The molecule has 0 fully saturated rings. The number of pyridine rings is 1. The molecule has 0 aliphatic carbocycles. The number of thioether (sulfide) groups is 1. The number of ketones is 1. The molecule has 0 bridgehead atoms. The van der Waals surface area contributed by atoms with Gasteiger partial charge in [0.25, 0.3) is 0 Å². The fourth-order valence-electron chi connectivity index (χ4n) is 2.48. The summed E-state index contributed by atoms with van der Waals surface area (Å²) >= 11 is 3.21. The highest BCUT2D eigenvalue weighted by Crippen LogP contribution is 2.29. The van der Waals surface area contributed by atoms with Gasteiger partial charge in [-0.25, -0.2) is 4.98 Å². The van der Waals surface area contributed by atoms with Gasteiger partial charge < -0.3 is 4.90 Å². The first-order valence-corrected chi connectivity index (χ1v) is 10.2. The van der Waals surface area contributed by atoms with Gasteiger partial charge in [0.2, 0.25) is 5.78 Å². The Balaban J connectivity index is 1.89. The molecule has 0 amide bonds. The molecule has 1 unspecified atom stereocenters. The van der Waals surface area contributed by atoms with Crippen molar-refractivity contribution >= 4 is 28.9 Å². The highest BCUT2D eigenvalue weighted by atomic mass is 32.2. The van der Waals surface area contributed by atoms with E-state index in [0.29, 0.717) is 5.25 Å². The Kier molecular flexibility index (Phi) is 7.95. The standard InChI is InChI=1S/C19H26N2OS2/c1-15(9-5-4-6-13-21(2)3)24-19-16(10-7-12-20-19)18(22)17-11-8-14-23-17/h7-8,10-12,14-15H,4-6,9,13H2,1-3H3. The van der Waals surface area contributed by atoms with Gasteiger partial charge in [0.15, 0.2) is 0 Å². The molecular weight excluding hydrogens is 336 g/mol. The highest BCUT2D eigenvalue weighted by molar-refractivity contribution is 7.99. The lowest BCUT2D eigenvalue weighted by Crippen LogP contribution is -2.12. The second-order valence-corrected chi connectivity index (χ2v) is 8.62. The zero-order chi connectivity index (χ0) is 17.4. The third-order valence-electron chi connectivity index (χ3n) is 3.79. The number of thiophene rings is 1. The zero-order valence-corrected chi connectivity index (χ0v) is 16.3. The molecule has 24 heavy (non-hydrogen) atoms. The number of hydrogen-bond acceptors (Lipinski definition) is 5. The van der Waals surface area contributed by atoms with E-state index in [0.717, 1.165) is 28.4 Å². The SMILES string of the molecule is CC(CCCCCN(C)C)Sc1ncccc1C(=O)c1cccs1. The highest BCUT2D eigenvalue weighted by Gasteiger charge is 2.17. The van der Waals surface area contributed by atoms with Crippen molar-refractivity contribution in [2.24, 2.45) is 0 Å². The van der Waals surface area contributed by atoms with Crippen LogP contribution < -0.4 is 0 Å². The van der Waals surface area contributed by atoms with Crippen molar-refractivity contribution in [3.8, 4) is 0 Å². The largest absolute Gasteiger partial charge is 0.309 e. The van der Waals surface area contributed by atoms with Crippen molar-refractivity contribution in [3.05, 3.63) is 46.3 Å². The summed E-state index contributed by atoms with van der Waals surface area (Å²) in [7, 11) is 4.23. The molecule has 0 saturated heterocycles. The van der Waals surface area contributed by atoms with Gasteiger partial charge in [-0.1, -0.05) is 25.8 Å². The average Bonchev–Trinajstić information content (AvgIpc) is 3.08. The molecule has 0 radical (unpaired) electrons. The minimum atomic E-state index is 0.0822. The van der Waals surface area contributed by atoms with E-state index in [2.05, 4.69) is 30.9 Å². The molecular formula is C19H26N2OS2. The van der Waals surface area contributed by atoms with Gasteiger partial charge in [0.1, 0.15) is 5.03 Å². The van der Waals surface area contributed by atoms with Gasteiger partial charge in [0.05, 0.1) is 10.4 Å². The molecule has 0 N–H and O–H groups in total. The zero-order valence-electron chi connectivity index (χ0n) is 14.7. The summed E-state index contributed by atoms with van der Waals surface area (Å²) in [6, 6.07) is 7.53. The molecule has 0 aromatic carbocycles. The molecule has 1 atom stereocenters. The molecule has 2 heterocycles. The molecule has 0 saturated carbocycles. The van der Waals surface area contributed by atoms with Crippen molar-refractivity contribution in [2.75, 3.05) is 20.6 Å². The van der Waals surface area contributed by atoms with Crippen LogP contribution in [0.2, 0.25) is 0 Å². The second kappa shape index (κ2) is 9.97. The van der Waals surface area contributed by atoms with E-state index < -0.39 is 0 Å². The Morgan fingerprint density at radius 2 is 2.08 bits per heavy atom. The molecule has 2 aromatic rings. The maximum atomic E-state index is 12.6. The third kappa shape index (κ3) is 6.04. The van der Waals surface area contributed by atoms with Crippen molar-refractivity contribution in [1.29, 1.82) is 0 Å². The van der Waals surface area contributed by atoms with E-state index >= 15 is 0 Å². The van der Waals surface area contributed by atoms with Crippen molar-refractivity contribution in [1.82, 2.24) is 9.88 Å². The van der Waals surface area contributed by atoms with E-state index in [1.165, 1.54) is 30.6 Å². The van der Waals surface area contributed by atoms with Crippen LogP contribution in [0, 0.1) is 0 Å². The number of carbonyl (C=O) groups excluding carboxylic acids is 1. The third-order valence-corrected chi connectivity index (χ3v) is 5.84. The summed E-state index contributed by atoms with van der Waals surface area (Å²) in [5.74, 6) is 0.0822. The first kappa shape index (κ1) is 19.2. The smallest absolute Gasteiger partial charge is 0.205 e. The van der Waals surface area contributed by atoms with E-state index in [1.807, 2.05) is 29.6 Å². The van der Waals surface area contributed by atoms with E-state index in [-0.39, 0.29) is 5.78 Å². The Labute approximate surface area is 153 Å². The number of rotatable bonds is 10. The quantitative estimate of drug-likeness (QED) is 0.339.